The van der Waals surface area contributed by atoms with Crippen molar-refractivity contribution in [1.82, 2.24) is 59.8 Å². The first-order valence-electron chi connectivity index (χ1n) is 43.7. The Morgan fingerprint density at radius 1 is 0.362 bits per heavy atom. The van der Waals surface area contributed by atoms with Crippen molar-refractivity contribution >= 4 is 81.1 Å². The molecule has 141 heavy (non-hydrogen) atoms. The zero-order valence-electron chi connectivity index (χ0n) is 77.5. The molecule has 4 heterocycles. The smallest absolute Gasteiger partial charge is 0.424 e. The number of alkyl halides is 12. The molecule has 24 nitrogen and oxygen atoms in total. The lowest BCUT2D eigenvalue weighted by molar-refractivity contribution is -0.253. The second kappa shape index (κ2) is 46.6. The number of hydrogen-bond acceptors (Lipinski definition) is 20. The number of aryl methyl sites for hydroxylation is 5. The fraction of sp³-hybridized carbons (Fsp3) is 0.354. The molecule has 0 aliphatic heterocycles. The number of aromatic nitrogens is 12. The normalized spacial score (nSPS) is 13.3. The van der Waals surface area contributed by atoms with E-state index in [0.29, 0.717) is 116 Å². The molecule has 2 atom stereocenters. The van der Waals surface area contributed by atoms with E-state index in [9.17, 15) is 95.4 Å². The number of carbonyl (C=O) groups excluding carboxylic acids is 4. The quantitative estimate of drug-likeness (QED) is 0.0215. The van der Waals surface area contributed by atoms with Crippen LogP contribution in [0.15, 0.2) is 177 Å². The molecule has 1 saturated carbocycles. The number of nitrogens with zero attached hydrogens (tertiary/aromatic N) is 8. The van der Waals surface area contributed by atoms with Crippen molar-refractivity contribution in [2.45, 2.75) is 188 Å². The Bertz CT molecular complexity index is 6800. The lowest BCUT2D eigenvalue weighted by Crippen LogP contribution is -2.51. The van der Waals surface area contributed by atoms with Crippen molar-refractivity contribution in [3.63, 3.8) is 0 Å². The molecule has 0 bridgehead atoms. The number of hydrogen-bond donors (Lipinski definition) is 4. The predicted octanol–water partition coefficient (Wildman–Crippen LogP) is 23.7. The van der Waals surface area contributed by atoms with Crippen LogP contribution in [0.25, 0.3) is 91.1 Å². The monoisotopic (exact) mass is 2060 g/mol. The summed E-state index contributed by atoms with van der Waals surface area (Å²) in [6.45, 7) is 11.9. The van der Waals surface area contributed by atoms with Crippen LogP contribution in [0, 0.1) is 23.6 Å². The minimum absolute atomic E-state index is 0.000568. The number of benzene rings is 8. The third kappa shape index (κ3) is 28.2. The first kappa shape index (κ1) is 111. The number of unbranched alkanes of at least 4 members (excludes halogenated alkanes) is 1. The minimum atomic E-state index is -4.85. The van der Waals surface area contributed by atoms with Crippen LogP contribution in [0.4, 0.5) is 57.1 Å². The fourth-order valence-electron chi connectivity index (χ4n) is 13.6. The number of rotatable bonds is 34. The van der Waals surface area contributed by atoms with E-state index in [1.165, 1.54) is 30.3 Å². The van der Waals surface area contributed by atoms with Gasteiger partial charge in [-0.3, -0.25) is 39.1 Å². The zero-order valence-corrected chi connectivity index (χ0v) is 81.3. The van der Waals surface area contributed by atoms with Gasteiger partial charge in [-0.05, 0) is 273 Å². The van der Waals surface area contributed by atoms with Crippen molar-refractivity contribution in [2.75, 3.05) is 27.4 Å². The van der Waals surface area contributed by atoms with E-state index in [-0.39, 0.29) is 117 Å². The van der Waals surface area contributed by atoms with Gasteiger partial charge in [0.2, 0.25) is 11.2 Å². The maximum absolute atomic E-state index is 14.2. The first-order valence-corrected chi connectivity index (χ1v) is 45.6. The number of halogens is 18. The van der Waals surface area contributed by atoms with Crippen LogP contribution < -0.4 is 32.2 Å². The standard InChI is InChI=1S/C26H27ClF3N3O3.C25H22ClF4N3O2.C25H25ClF3N3O4.C23H20Cl2F3N3O3/c1-4-5-14-36-18-10-8-17(9-11-18)22-31-23(33-24(35)32-22)19-15-16(6-12-20(19)27)7-13-21(34)25(2,3)26(28,29)30;1-24(2,25(28,29)30)20(34)10-4-13-3-8-18(26)17(11-13)22-31-21(32-23(35)33-22)15-7-9-19(27)16(12-15)14-5-6-14;1-4-13-36-17-9-7-16(8-10-17)21-30-22(32-23(34)31-21)18-14-15(5-11-19(18)26)6-12-20(33)24(2,35-3)25(27,28)29;1-12-10-14(6-8-16(12)24)19-29-20(31-21(33)30-19)15-11-13(4-7-17(15)25)5-9-18(32)22(2,34-3)23(26,27)28/h6,8-12,15H,4-5,7,13-14H2,1-3H3,(H,31,32,33,35);3,7-9,11-12,14H,4-6,10H2,1-2H3,(H,31,32,33,35);5,7-11,14H,4,6,12-13H2,1-3H3,(H,30,31,32,34);4,6-8,10-11H,5,9H2,1-3H3,(H,29,30,31,33)/t;;24-;22-/m..11/s1. The topological polar surface area (TPSA) is 340 Å². The highest BCUT2D eigenvalue weighted by molar-refractivity contribution is 6.34. The molecule has 0 saturated heterocycles. The van der Waals surface area contributed by atoms with Crippen molar-refractivity contribution < 1.29 is 95.2 Å². The van der Waals surface area contributed by atoms with Crippen LogP contribution in [0.3, 0.4) is 0 Å². The maximum Gasteiger partial charge on any atom is 0.424 e. The van der Waals surface area contributed by atoms with Gasteiger partial charge in [0.25, 0.3) is 0 Å². The number of aromatic amines is 4. The molecule has 8 aromatic carbocycles. The van der Waals surface area contributed by atoms with E-state index in [4.69, 9.17) is 67.5 Å². The summed E-state index contributed by atoms with van der Waals surface area (Å²) in [5.74, 6) is -1.76. The van der Waals surface area contributed by atoms with Gasteiger partial charge >= 0.3 is 47.5 Å². The summed E-state index contributed by atoms with van der Waals surface area (Å²) >= 11 is 31.4. The molecule has 0 spiro atoms. The number of H-pyrrole nitrogens is 4. The average Bonchev–Trinajstić information content (AvgIpc) is 1.65. The zero-order chi connectivity index (χ0) is 104. The maximum atomic E-state index is 14.2. The van der Waals surface area contributed by atoms with E-state index < -0.39 is 105 Å². The Hall–Kier alpha value is -12.3. The van der Waals surface area contributed by atoms with Crippen molar-refractivity contribution in [1.29, 1.82) is 0 Å². The molecule has 0 unspecified atom stereocenters. The van der Waals surface area contributed by atoms with Gasteiger partial charge in [-0.2, -0.15) is 72.6 Å². The van der Waals surface area contributed by atoms with Crippen LogP contribution >= 0.6 is 58.0 Å². The molecular weight excluding hydrogens is 1970 g/mol. The predicted molar refractivity (Wildman–Crippen MR) is 508 cm³/mol. The summed E-state index contributed by atoms with van der Waals surface area (Å²) in [7, 11) is 1.69. The molecule has 4 N–H and O–H groups in total. The van der Waals surface area contributed by atoms with Gasteiger partial charge < -0.3 is 18.9 Å². The van der Waals surface area contributed by atoms with E-state index in [0.717, 1.165) is 79.6 Å². The molecule has 1 aliphatic rings. The molecule has 1 aliphatic carbocycles. The van der Waals surface area contributed by atoms with Crippen molar-refractivity contribution in [2.24, 2.45) is 10.8 Å². The van der Waals surface area contributed by atoms with Gasteiger partial charge in [-0.1, -0.05) is 103 Å². The Balaban J connectivity index is 0.000000193. The highest BCUT2D eigenvalue weighted by atomic mass is 35.5. The lowest BCUT2D eigenvalue weighted by Gasteiger charge is -2.29. The number of ketones is 4. The molecule has 748 valence electrons. The largest absolute Gasteiger partial charge is 0.494 e. The minimum Gasteiger partial charge on any atom is -0.494 e. The van der Waals surface area contributed by atoms with E-state index in [1.54, 1.807) is 134 Å². The molecular formula is C99H94Cl5F13N12O12. The highest BCUT2D eigenvalue weighted by Gasteiger charge is 2.58. The first-order chi connectivity index (χ1) is 66.1. The van der Waals surface area contributed by atoms with E-state index in [2.05, 4.69) is 76.2 Å². The molecule has 0 amide bonds. The Labute approximate surface area is 823 Å². The summed E-state index contributed by atoms with van der Waals surface area (Å²) in [6, 6.07) is 42.3. The average molecular weight is 2070 g/mol. The SMILES string of the molecule is CC(C)(C(=O)CCc1ccc(Cl)c(-c2nc(-c3ccc(F)c(C4CC4)c3)nc(=O)[nH]2)c1)C(F)(F)F.CCCCOc1ccc(-c2nc(-c3cc(CCC(=O)C(C)(C)C(F)(F)F)ccc3Cl)[nH]c(=O)n2)cc1.CCCOc1ccc(-c2nc(-c3cc(CCC(=O)[C@@](C)(OC)C(F)(F)F)ccc3Cl)[nH]c(=O)n2)cc1.CO[C@](C)(C(=O)CCc1ccc(Cl)c(-c2nc(-c3ccc(Cl)c(C)c3)nc(=O)[nH]2)c1)C(F)(F)F. The number of methoxy groups -OCH3 is 2. The van der Waals surface area contributed by atoms with Crippen molar-refractivity contribution in [3.05, 3.63) is 264 Å². The van der Waals surface area contributed by atoms with Gasteiger partial charge in [-0.25, -0.2) is 43.5 Å². The number of carbonyl (C=O) groups is 4. The van der Waals surface area contributed by atoms with Gasteiger partial charge in [0.05, 0.1) is 33.3 Å². The number of nitrogens with one attached hydrogen (secondary N) is 4. The number of Topliss-reactive ketones (excluding diaryl/α,β-unsaturated/α-hetero) is 4. The molecule has 13 rings (SSSR count). The Morgan fingerprint density at radius 2 is 0.652 bits per heavy atom. The summed E-state index contributed by atoms with van der Waals surface area (Å²) < 4.78 is 193. The lowest BCUT2D eigenvalue weighted by atomic mass is 9.84. The summed E-state index contributed by atoms with van der Waals surface area (Å²) in [5, 5.41) is 1.58. The summed E-state index contributed by atoms with van der Waals surface area (Å²) in [6.07, 6.45) is -15.7. The van der Waals surface area contributed by atoms with Gasteiger partial charge in [0.15, 0.2) is 34.9 Å². The van der Waals surface area contributed by atoms with Crippen LogP contribution in [-0.4, -0.2) is 146 Å². The third-order valence-electron chi connectivity index (χ3n) is 23.2. The molecule has 12 aromatic rings. The van der Waals surface area contributed by atoms with Crippen LogP contribution in [0.5, 0.6) is 11.5 Å². The van der Waals surface area contributed by atoms with Crippen LogP contribution in [-0.2, 0) is 54.3 Å². The van der Waals surface area contributed by atoms with Gasteiger partial charge in [0, 0.05) is 89.4 Å². The van der Waals surface area contributed by atoms with Crippen LogP contribution in [0.2, 0.25) is 25.1 Å². The molecule has 42 heteroatoms. The van der Waals surface area contributed by atoms with Crippen LogP contribution in [0.1, 0.15) is 152 Å². The van der Waals surface area contributed by atoms with E-state index in [1.807, 2.05) is 6.92 Å². The second-order valence-corrected chi connectivity index (χ2v) is 36.1. The van der Waals surface area contributed by atoms with E-state index >= 15 is 0 Å². The summed E-state index contributed by atoms with van der Waals surface area (Å²) in [4.78, 5) is 142. The molecule has 4 aromatic heterocycles. The summed E-state index contributed by atoms with van der Waals surface area (Å²) in [5.41, 5.74) is -6.21. The number of ether oxygens (including phenoxy) is 4. The fourth-order valence-corrected chi connectivity index (χ4v) is 14.5. The third-order valence-corrected chi connectivity index (χ3v) is 25.0. The van der Waals surface area contributed by atoms with Crippen molar-refractivity contribution in [3.8, 4) is 103 Å². The highest BCUT2D eigenvalue weighted by Crippen LogP contribution is 2.46. The second-order valence-electron chi connectivity index (χ2n) is 34.0. The molecule has 0 radical (unpaired) electrons. The van der Waals surface area contributed by atoms with Gasteiger partial charge in [-0.15, -0.1) is 0 Å². The molecule has 1 fully saturated rings. The van der Waals surface area contributed by atoms with Gasteiger partial charge in [0.1, 0.15) is 63.0 Å². The Morgan fingerprint density at radius 3 is 0.943 bits per heavy atom. The Kier molecular flexibility index (Phi) is 36.6.